The molecule has 0 N–H and O–H groups in total. The van der Waals surface area contributed by atoms with Gasteiger partial charge in [-0.2, -0.15) is 0 Å². The maximum Gasteiger partial charge on any atom is 0.573 e. The van der Waals surface area contributed by atoms with Crippen LogP contribution in [0.3, 0.4) is 0 Å². The minimum absolute atomic E-state index is 0.356. The van der Waals surface area contributed by atoms with Crippen molar-refractivity contribution in [2.75, 3.05) is 0 Å². The molecular weight excluding hydrogens is 281 g/mol. The summed E-state index contributed by atoms with van der Waals surface area (Å²) in [4.78, 5) is -0.419. The standard InChI is InChI=1S/C9H8ClF3O3S/c1-2-6-3-7(16-9(11,12)13)5-8(4-6)17(10,14)15/h3-5H,2H2,1H3. The molecule has 0 aliphatic heterocycles. The first-order valence-corrected chi connectivity index (χ1v) is 6.77. The number of alkyl halides is 3. The van der Waals surface area contributed by atoms with E-state index in [0.717, 1.165) is 12.1 Å². The lowest BCUT2D eigenvalue weighted by Gasteiger charge is -2.11. The van der Waals surface area contributed by atoms with E-state index < -0.39 is 26.1 Å². The van der Waals surface area contributed by atoms with Crippen LogP contribution >= 0.6 is 10.7 Å². The lowest BCUT2D eigenvalue weighted by molar-refractivity contribution is -0.274. The molecule has 1 aromatic rings. The van der Waals surface area contributed by atoms with Crippen LogP contribution < -0.4 is 4.74 Å². The highest BCUT2D eigenvalue weighted by atomic mass is 35.7. The van der Waals surface area contributed by atoms with Crippen molar-refractivity contribution in [3.8, 4) is 5.75 Å². The van der Waals surface area contributed by atoms with Gasteiger partial charge in [0, 0.05) is 16.7 Å². The first kappa shape index (κ1) is 14.1. The molecule has 3 nitrogen and oxygen atoms in total. The molecule has 0 atom stereocenters. The van der Waals surface area contributed by atoms with Crippen molar-refractivity contribution in [2.24, 2.45) is 0 Å². The Morgan fingerprint density at radius 3 is 2.29 bits per heavy atom. The third-order valence-corrected chi connectivity index (χ3v) is 3.20. The van der Waals surface area contributed by atoms with Crippen LogP contribution in [0.15, 0.2) is 23.1 Å². The molecular formula is C9H8ClF3O3S. The SMILES string of the molecule is CCc1cc(OC(F)(F)F)cc(S(=O)(=O)Cl)c1. The molecule has 17 heavy (non-hydrogen) atoms. The lowest BCUT2D eigenvalue weighted by atomic mass is 10.2. The molecule has 0 fully saturated rings. The highest BCUT2D eigenvalue weighted by Crippen LogP contribution is 2.28. The van der Waals surface area contributed by atoms with Crippen LogP contribution in [0, 0.1) is 0 Å². The Labute approximate surface area is 101 Å². The van der Waals surface area contributed by atoms with Gasteiger partial charge in [-0.3, -0.25) is 0 Å². The summed E-state index contributed by atoms with van der Waals surface area (Å²) in [6.45, 7) is 1.66. The van der Waals surface area contributed by atoms with Crippen LogP contribution in [0.4, 0.5) is 13.2 Å². The van der Waals surface area contributed by atoms with Gasteiger partial charge >= 0.3 is 6.36 Å². The van der Waals surface area contributed by atoms with Crippen molar-refractivity contribution in [3.63, 3.8) is 0 Å². The molecule has 96 valence electrons. The van der Waals surface area contributed by atoms with Crippen molar-refractivity contribution < 1.29 is 26.3 Å². The second-order valence-electron chi connectivity index (χ2n) is 3.15. The van der Waals surface area contributed by atoms with E-state index in [-0.39, 0.29) is 0 Å². The number of halogens is 4. The monoisotopic (exact) mass is 288 g/mol. The van der Waals surface area contributed by atoms with Crippen LogP contribution in [0.5, 0.6) is 5.75 Å². The molecule has 8 heteroatoms. The zero-order valence-corrected chi connectivity index (χ0v) is 10.2. The summed E-state index contributed by atoms with van der Waals surface area (Å²) < 4.78 is 61.8. The number of aryl methyl sites for hydroxylation is 1. The summed E-state index contributed by atoms with van der Waals surface area (Å²) >= 11 is 0. The van der Waals surface area contributed by atoms with Crippen molar-refractivity contribution in [1.29, 1.82) is 0 Å². The van der Waals surface area contributed by atoms with Crippen LogP contribution in [-0.4, -0.2) is 14.8 Å². The van der Waals surface area contributed by atoms with Crippen LogP contribution in [-0.2, 0) is 15.5 Å². The molecule has 0 aliphatic carbocycles. The quantitative estimate of drug-likeness (QED) is 0.803. The second kappa shape index (κ2) is 4.73. The molecule has 0 amide bonds. The molecule has 1 rings (SSSR count). The van der Waals surface area contributed by atoms with E-state index >= 15 is 0 Å². The minimum Gasteiger partial charge on any atom is -0.406 e. The molecule has 0 radical (unpaired) electrons. The van der Waals surface area contributed by atoms with E-state index in [0.29, 0.717) is 12.0 Å². The minimum atomic E-state index is -4.88. The molecule has 0 heterocycles. The van der Waals surface area contributed by atoms with Gasteiger partial charge in [0.15, 0.2) is 0 Å². The summed E-state index contributed by atoms with van der Waals surface area (Å²) in [6.07, 6.45) is -4.52. The van der Waals surface area contributed by atoms with Gasteiger partial charge in [0.05, 0.1) is 4.90 Å². The molecule has 1 aromatic carbocycles. The van der Waals surface area contributed by atoms with Gasteiger partial charge in [-0.15, -0.1) is 13.2 Å². The average Bonchev–Trinajstić information content (AvgIpc) is 2.13. The number of hydrogen-bond acceptors (Lipinski definition) is 3. The van der Waals surface area contributed by atoms with Gasteiger partial charge in [0.2, 0.25) is 0 Å². The van der Waals surface area contributed by atoms with E-state index in [1.165, 1.54) is 6.07 Å². The fourth-order valence-corrected chi connectivity index (χ4v) is 1.98. The lowest BCUT2D eigenvalue weighted by Crippen LogP contribution is -2.17. The van der Waals surface area contributed by atoms with Crippen molar-refractivity contribution >= 4 is 19.7 Å². The third kappa shape index (κ3) is 4.43. The van der Waals surface area contributed by atoms with Gasteiger partial charge in [0.1, 0.15) is 5.75 Å². The predicted octanol–water partition coefficient (Wildman–Crippen LogP) is 3.08. The highest BCUT2D eigenvalue weighted by Gasteiger charge is 2.31. The zero-order valence-electron chi connectivity index (χ0n) is 8.58. The summed E-state index contributed by atoms with van der Waals surface area (Å²) in [6, 6.07) is 3.04. The van der Waals surface area contributed by atoms with Crippen molar-refractivity contribution in [3.05, 3.63) is 23.8 Å². The summed E-state index contributed by atoms with van der Waals surface area (Å²) in [5.74, 6) is -0.601. The molecule has 0 unspecified atom stereocenters. The van der Waals surface area contributed by atoms with Crippen LogP contribution in [0.1, 0.15) is 12.5 Å². The molecule has 0 saturated heterocycles. The van der Waals surface area contributed by atoms with E-state index in [9.17, 15) is 21.6 Å². The Kier molecular flexibility index (Phi) is 3.93. The van der Waals surface area contributed by atoms with E-state index in [1.807, 2.05) is 0 Å². The largest absolute Gasteiger partial charge is 0.573 e. The Balaban J connectivity index is 3.24. The normalized spacial score (nSPS) is 12.5. The Morgan fingerprint density at radius 1 is 1.29 bits per heavy atom. The maximum atomic E-state index is 12.0. The Morgan fingerprint density at radius 2 is 1.88 bits per heavy atom. The molecule has 0 bridgehead atoms. The topological polar surface area (TPSA) is 43.4 Å². The zero-order chi connectivity index (χ0) is 13.3. The van der Waals surface area contributed by atoms with E-state index in [2.05, 4.69) is 4.74 Å². The molecule has 0 spiro atoms. The summed E-state index contributed by atoms with van der Waals surface area (Å²) in [5, 5.41) is 0. The third-order valence-electron chi connectivity index (χ3n) is 1.86. The van der Waals surface area contributed by atoms with E-state index in [1.54, 1.807) is 6.92 Å². The smallest absolute Gasteiger partial charge is 0.406 e. The molecule has 0 aliphatic rings. The molecule has 0 saturated carbocycles. The van der Waals surface area contributed by atoms with Crippen LogP contribution in [0.2, 0.25) is 0 Å². The van der Waals surface area contributed by atoms with Gasteiger partial charge in [-0.1, -0.05) is 6.92 Å². The number of ether oxygens (including phenoxy) is 1. The summed E-state index contributed by atoms with van der Waals surface area (Å²) in [7, 11) is 0.977. The fraction of sp³-hybridized carbons (Fsp3) is 0.333. The average molecular weight is 289 g/mol. The first-order valence-electron chi connectivity index (χ1n) is 4.46. The first-order chi connectivity index (χ1) is 7.62. The maximum absolute atomic E-state index is 12.0. The van der Waals surface area contributed by atoms with Crippen LogP contribution in [0.25, 0.3) is 0 Å². The van der Waals surface area contributed by atoms with E-state index in [4.69, 9.17) is 10.7 Å². The second-order valence-corrected chi connectivity index (χ2v) is 5.72. The summed E-state index contributed by atoms with van der Waals surface area (Å²) in [5.41, 5.74) is 0.381. The van der Waals surface area contributed by atoms with Gasteiger partial charge in [0.25, 0.3) is 9.05 Å². The Hall–Kier alpha value is -0.950. The number of benzene rings is 1. The Bertz CT molecular complexity index is 511. The van der Waals surface area contributed by atoms with Crippen molar-refractivity contribution in [1.82, 2.24) is 0 Å². The van der Waals surface area contributed by atoms with Gasteiger partial charge in [-0.25, -0.2) is 8.42 Å². The predicted molar refractivity (Wildman–Crippen MR) is 55.5 cm³/mol. The number of rotatable bonds is 3. The highest BCUT2D eigenvalue weighted by molar-refractivity contribution is 8.13. The van der Waals surface area contributed by atoms with Gasteiger partial charge in [-0.05, 0) is 24.1 Å². The number of hydrogen-bond donors (Lipinski definition) is 0. The van der Waals surface area contributed by atoms with Gasteiger partial charge < -0.3 is 4.74 Å². The molecule has 0 aromatic heterocycles. The van der Waals surface area contributed by atoms with Crippen molar-refractivity contribution in [2.45, 2.75) is 24.6 Å². The fourth-order valence-electron chi connectivity index (χ4n) is 1.17.